The second-order valence-corrected chi connectivity index (χ2v) is 7.06. The standard InChI is InChI=1S/C12H26O4S.K.3Na.H3O4P.4H/c1-2-3-4-5-6-7-8-9-10-11-12-16-17(13,14)15;;;;;1-5(2,3)4;;;;/h2-12H2,1H3,(H,13,14,15);;;;;(H3,1,2,3,4);;;;/q;4*+1;;4*-1. The summed E-state index contributed by atoms with van der Waals surface area (Å²) < 4.78 is 41.9. The van der Waals surface area contributed by atoms with Crippen molar-refractivity contribution in [3.8, 4) is 0 Å². The Morgan fingerprint density at radius 2 is 1.08 bits per heavy atom. The van der Waals surface area contributed by atoms with Crippen LogP contribution in [0, 0.1) is 0 Å². The van der Waals surface area contributed by atoms with Crippen LogP contribution in [-0.2, 0) is 19.1 Å². The van der Waals surface area contributed by atoms with Crippen molar-refractivity contribution in [1.29, 1.82) is 0 Å². The average Bonchev–Trinajstić information content (AvgIpc) is 2.32. The molecule has 0 amide bonds. The van der Waals surface area contributed by atoms with Gasteiger partial charge >= 0.3 is 158 Å². The number of hydrogen-bond donors (Lipinski definition) is 4. The van der Waals surface area contributed by atoms with Crippen molar-refractivity contribution >= 4 is 18.2 Å². The maximum atomic E-state index is 10.2. The van der Waals surface area contributed by atoms with Gasteiger partial charge in [0.05, 0.1) is 6.61 Å². The normalized spacial score (nSPS) is 10.0. The minimum absolute atomic E-state index is 0. The van der Waals surface area contributed by atoms with Crippen molar-refractivity contribution < 1.29 is 182 Å². The Kier molecular flexibility index (Phi) is 50.5. The summed E-state index contributed by atoms with van der Waals surface area (Å²) in [5, 5.41) is 0. The van der Waals surface area contributed by atoms with Gasteiger partial charge in [-0.05, 0) is 6.42 Å². The SMILES string of the molecule is CCCCCCCCCCCCOS(=O)(=O)O.O=P(O)(O)O.[H-].[H-].[H-].[H-].[K+].[Na+].[Na+].[Na+]. The van der Waals surface area contributed by atoms with Gasteiger partial charge in [-0.2, -0.15) is 8.42 Å². The van der Waals surface area contributed by atoms with Crippen molar-refractivity contribution in [2.45, 2.75) is 71.1 Å². The first-order chi connectivity index (χ1) is 10.1. The van der Waals surface area contributed by atoms with Crippen LogP contribution in [0.2, 0.25) is 0 Å². The first kappa shape index (κ1) is 44.3. The Morgan fingerprint density at radius 3 is 1.35 bits per heavy atom. The van der Waals surface area contributed by atoms with E-state index in [9.17, 15) is 8.42 Å². The first-order valence-electron chi connectivity index (χ1n) is 7.46. The fourth-order valence-corrected chi connectivity index (χ4v) is 2.08. The van der Waals surface area contributed by atoms with Crippen LogP contribution in [0.25, 0.3) is 0 Å². The quantitative estimate of drug-likeness (QED) is 0.0942. The maximum Gasteiger partial charge on any atom is 1.00 e. The van der Waals surface area contributed by atoms with Gasteiger partial charge in [0.15, 0.2) is 0 Å². The van der Waals surface area contributed by atoms with Crippen LogP contribution < -0.4 is 140 Å². The van der Waals surface area contributed by atoms with E-state index >= 15 is 0 Å². The van der Waals surface area contributed by atoms with Crippen LogP contribution in [-0.4, -0.2) is 34.3 Å². The minimum Gasteiger partial charge on any atom is -1.00 e. The van der Waals surface area contributed by atoms with Gasteiger partial charge in [0, 0.05) is 0 Å². The first-order valence-corrected chi connectivity index (χ1v) is 10.4. The van der Waals surface area contributed by atoms with Crippen LogP contribution in [0.5, 0.6) is 0 Å². The Balaban J connectivity index is -0.0000000348. The molecule has 0 aliphatic heterocycles. The van der Waals surface area contributed by atoms with E-state index < -0.39 is 18.2 Å². The van der Waals surface area contributed by atoms with Crippen LogP contribution >= 0.6 is 7.82 Å². The number of hydrogen-bond acceptors (Lipinski definition) is 4. The van der Waals surface area contributed by atoms with Gasteiger partial charge in [0.1, 0.15) is 0 Å². The molecule has 144 valence electrons. The minimum atomic E-state index is -4.64. The summed E-state index contributed by atoms with van der Waals surface area (Å²) in [6, 6.07) is 0. The summed E-state index contributed by atoms with van der Waals surface area (Å²) in [5.74, 6) is 0. The van der Waals surface area contributed by atoms with Gasteiger partial charge in [-0.1, -0.05) is 64.7 Å². The number of phosphoric acid groups is 1. The molecule has 0 aliphatic carbocycles. The van der Waals surface area contributed by atoms with Crippen LogP contribution in [0.3, 0.4) is 0 Å². The zero-order valence-electron chi connectivity index (χ0n) is 21.1. The largest absolute Gasteiger partial charge is 1.00 e. The average molecular weight is 476 g/mol. The molecule has 0 aromatic heterocycles. The van der Waals surface area contributed by atoms with E-state index in [1.165, 1.54) is 44.9 Å². The third kappa shape index (κ3) is 63.0. The van der Waals surface area contributed by atoms with Gasteiger partial charge < -0.3 is 20.4 Å². The summed E-state index contributed by atoms with van der Waals surface area (Å²) in [4.78, 5) is 21.6. The molecule has 0 rings (SSSR count). The van der Waals surface area contributed by atoms with Crippen molar-refractivity contribution in [3.63, 3.8) is 0 Å². The van der Waals surface area contributed by atoms with Crippen molar-refractivity contribution in [3.05, 3.63) is 0 Å². The van der Waals surface area contributed by atoms with E-state index in [-0.39, 0.29) is 152 Å². The van der Waals surface area contributed by atoms with Gasteiger partial charge in [-0.15, -0.1) is 0 Å². The van der Waals surface area contributed by atoms with Crippen molar-refractivity contribution in [2.75, 3.05) is 6.61 Å². The monoisotopic (exact) mass is 476 g/mol. The van der Waals surface area contributed by atoms with Gasteiger partial charge in [-0.25, -0.2) is 8.75 Å². The molecule has 0 aliphatic rings. The molecular weight excluding hydrogens is 443 g/mol. The summed E-state index contributed by atoms with van der Waals surface area (Å²) in [7, 11) is -8.87. The van der Waals surface area contributed by atoms with Crippen molar-refractivity contribution in [2.24, 2.45) is 0 Å². The molecule has 0 unspecified atom stereocenters. The van der Waals surface area contributed by atoms with E-state index in [2.05, 4.69) is 11.1 Å². The third-order valence-corrected chi connectivity index (χ3v) is 3.19. The van der Waals surface area contributed by atoms with Crippen LogP contribution in [0.1, 0.15) is 76.8 Å². The molecule has 0 spiro atoms. The molecule has 0 saturated carbocycles. The molecule has 26 heavy (non-hydrogen) atoms. The Labute approximate surface area is 273 Å². The predicted molar refractivity (Wildman–Crippen MR) is 88.1 cm³/mol. The smallest absolute Gasteiger partial charge is 1.00 e. The molecule has 0 heterocycles. The van der Waals surface area contributed by atoms with E-state index in [0.29, 0.717) is 6.42 Å². The Hall–Kier alpha value is 4.62. The number of unbranched alkanes of at least 4 members (excludes halogenated alkanes) is 9. The van der Waals surface area contributed by atoms with Crippen molar-refractivity contribution in [1.82, 2.24) is 0 Å². The molecular formula is C12H33KNa3O8PS. The van der Waals surface area contributed by atoms with Crippen LogP contribution in [0.15, 0.2) is 0 Å². The Morgan fingerprint density at radius 1 is 0.808 bits per heavy atom. The zero-order chi connectivity index (χ0) is 17.5. The molecule has 0 aromatic rings. The molecule has 0 radical (unpaired) electrons. The van der Waals surface area contributed by atoms with E-state index in [1.54, 1.807) is 0 Å². The second-order valence-electron chi connectivity index (χ2n) is 4.94. The van der Waals surface area contributed by atoms with E-state index in [0.717, 1.165) is 12.8 Å². The molecule has 0 aromatic carbocycles. The molecule has 8 nitrogen and oxygen atoms in total. The van der Waals surface area contributed by atoms with Gasteiger partial charge in [0.2, 0.25) is 0 Å². The number of rotatable bonds is 12. The summed E-state index contributed by atoms with van der Waals surface area (Å²) in [5.41, 5.74) is 0. The second kappa shape index (κ2) is 29.6. The summed E-state index contributed by atoms with van der Waals surface area (Å²) in [6.45, 7) is 2.31. The maximum absolute atomic E-state index is 10.2. The molecule has 14 heteroatoms. The molecule has 0 atom stereocenters. The topological polar surface area (TPSA) is 141 Å². The van der Waals surface area contributed by atoms with E-state index in [1.807, 2.05) is 0 Å². The predicted octanol–water partition coefficient (Wildman–Crippen LogP) is -8.74. The van der Waals surface area contributed by atoms with E-state index in [4.69, 9.17) is 23.8 Å². The Bertz CT molecular complexity index is 407. The molecule has 0 saturated heterocycles. The fraction of sp³-hybridized carbons (Fsp3) is 1.00. The third-order valence-electron chi connectivity index (χ3n) is 2.73. The fourth-order valence-electron chi connectivity index (χ4n) is 1.75. The molecule has 0 bridgehead atoms. The molecule has 4 N–H and O–H groups in total. The summed E-state index contributed by atoms with van der Waals surface area (Å²) >= 11 is 0. The molecule has 0 fully saturated rings. The van der Waals surface area contributed by atoms with Gasteiger partial charge in [-0.3, -0.25) is 4.55 Å². The van der Waals surface area contributed by atoms with Crippen LogP contribution in [0.4, 0.5) is 0 Å². The zero-order valence-corrected chi connectivity index (χ0v) is 27.9. The summed E-state index contributed by atoms with van der Waals surface area (Å²) in [6.07, 6.45) is 11.9. The van der Waals surface area contributed by atoms with Gasteiger partial charge in [0.25, 0.3) is 0 Å².